The summed E-state index contributed by atoms with van der Waals surface area (Å²) in [5.41, 5.74) is 8.33. The van der Waals surface area contributed by atoms with Gasteiger partial charge in [-0.25, -0.2) is 8.78 Å². The quantitative estimate of drug-likeness (QED) is 0.928. The van der Waals surface area contributed by atoms with Crippen molar-refractivity contribution in [1.82, 2.24) is 0 Å². The van der Waals surface area contributed by atoms with Crippen molar-refractivity contribution in [1.29, 1.82) is 0 Å². The molecule has 0 bridgehead atoms. The minimum absolute atomic E-state index is 0.264. The van der Waals surface area contributed by atoms with Gasteiger partial charge in [-0.2, -0.15) is 0 Å². The Kier molecular flexibility index (Phi) is 4.35. The molecule has 0 aliphatic carbocycles. The molecule has 2 N–H and O–H groups in total. The molecular weight excluding hydrogens is 258 g/mol. The van der Waals surface area contributed by atoms with E-state index >= 15 is 0 Å². The van der Waals surface area contributed by atoms with E-state index in [1.807, 2.05) is 43.3 Å². The second-order valence-corrected chi connectivity index (χ2v) is 5.04. The highest BCUT2D eigenvalue weighted by molar-refractivity contribution is 5.48. The first-order valence-corrected chi connectivity index (χ1v) is 6.44. The molecule has 1 unspecified atom stereocenters. The maximum absolute atomic E-state index is 13.6. The van der Waals surface area contributed by atoms with Crippen LogP contribution in [0.4, 0.5) is 14.5 Å². The van der Waals surface area contributed by atoms with Gasteiger partial charge in [0.05, 0.1) is 0 Å². The lowest BCUT2D eigenvalue weighted by Gasteiger charge is -2.17. The molecule has 0 aliphatic heterocycles. The average molecular weight is 276 g/mol. The molecule has 0 amide bonds. The molecule has 0 saturated carbocycles. The van der Waals surface area contributed by atoms with Gasteiger partial charge in [-0.15, -0.1) is 0 Å². The molecule has 2 nitrogen and oxygen atoms in total. The summed E-state index contributed by atoms with van der Waals surface area (Å²) < 4.78 is 26.8. The van der Waals surface area contributed by atoms with Crippen LogP contribution in [0, 0.1) is 11.6 Å². The topological polar surface area (TPSA) is 29.3 Å². The predicted molar refractivity (Wildman–Crippen MR) is 77.8 cm³/mol. The third kappa shape index (κ3) is 3.33. The summed E-state index contributed by atoms with van der Waals surface area (Å²) in [5.74, 6) is -0.874. The van der Waals surface area contributed by atoms with E-state index < -0.39 is 11.6 Å². The van der Waals surface area contributed by atoms with Crippen LogP contribution in [0.5, 0.6) is 0 Å². The van der Waals surface area contributed by atoms with Crippen LogP contribution in [0.15, 0.2) is 42.5 Å². The summed E-state index contributed by atoms with van der Waals surface area (Å²) in [4.78, 5) is 1.97. The van der Waals surface area contributed by atoms with Crippen molar-refractivity contribution in [2.24, 2.45) is 5.73 Å². The van der Waals surface area contributed by atoms with Gasteiger partial charge in [0.1, 0.15) is 11.6 Å². The van der Waals surface area contributed by atoms with E-state index in [-0.39, 0.29) is 12.5 Å². The Morgan fingerprint density at radius 2 is 1.85 bits per heavy atom. The zero-order valence-corrected chi connectivity index (χ0v) is 11.6. The lowest BCUT2D eigenvalue weighted by atomic mass is 9.98. The highest BCUT2D eigenvalue weighted by Crippen LogP contribution is 2.22. The van der Waals surface area contributed by atoms with E-state index in [0.29, 0.717) is 5.56 Å². The fraction of sp³-hybridized carbons (Fsp3) is 0.250. The molecule has 2 rings (SSSR count). The fourth-order valence-electron chi connectivity index (χ4n) is 2.09. The van der Waals surface area contributed by atoms with Crippen molar-refractivity contribution in [3.63, 3.8) is 0 Å². The number of benzene rings is 2. The van der Waals surface area contributed by atoms with Crippen LogP contribution < -0.4 is 10.6 Å². The second kappa shape index (κ2) is 6.01. The molecular formula is C16H18F2N2. The zero-order valence-electron chi connectivity index (χ0n) is 11.6. The number of hydrogen-bond donors (Lipinski definition) is 1. The van der Waals surface area contributed by atoms with E-state index in [1.54, 1.807) is 0 Å². The Hall–Kier alpha value is -1.94. The van der Waals surface area contributed by atoms with Gasteiger partial charge >= 0.3 is 0 Å². The van der Waals surface area contributed by atoms with Gasteiger partial charge in [-0.05, 0) is 47.9 Å². The molecule has 0 aromatic heterocycles. The predicted octanol–water partition coefficient (Wildman–Crippen LogP) is 3.27. The fourth-order valence-corrected chi connectivity index (χ4v) is 2.09. The highest BCUT2D eigenvalue weighted by atomic mass is 19.1. The first kappa shape index (κ1) is 14.5. The van der Waals surface area contributed by atoms with Gasteiger partial charge in [-0.1, -0.05) is 12.1 Å². The Balaban J connectivity index is 2.21. The summed E-state index contributed by atoms with van der Waals surface area (Å²) in [6.07, 6.45) is 0.264. The molecule has 20 heavy (non-hydrogen) atoms. The largest absolute Gasteiger partial charge is 0.378 e. The molecule has 0 spiro atoms. The van der Waals surface area contributed by atoms with Crippen LogP contribution in [0.25, 0.3) is 0 Å². The van der Waals surface area contributed by atoms with Crippen LogP contribution in [-0.2, 0) is 6.42 Å². The van der Waals surface area contributed by atoms with Gasteiger partial charge in [0.15, 0.2) is 0 Å². The summed E-state index contributed by atoms with van der Waals surface area (Å²) in [7, 11) is 3.88. The Labute approximate surface area is 117 Å². The van der Waals surface area contributed by atoms with Crippen LogP contribution in [0.3, 0.4) is 0 Å². The summed E-state index contributed by atoms with van der Waals surface area (Å²) in [6.45, 7) is 0. The van der Waals surface area contributed by atoms with Crippen molar-refractivity contribution in [3.05, 3.63) is 65.2 Å². The van der Waals surface area contributed by atoms with Gasteiger partial charge < -0.3 is 10.6 Å². The number of anilines is 1. The first-order valence-electron chi connectivity index (χ1n) is 6.44. The van der Waals surface area contributed by atoms with Crippen molar-refractivity contribution in [2.75, 3.05) is 19.0 Å². The van der Waals surface area contributed by atoms with Crippen LogP contribution in [-0.4, -0.2) is 14.1 Å². The normalized spacial score (nSPS) is 12.2. The number of nitrogens with zero attached hydrogens (tertiary/aromatic N) is 1. The van der Waals surface area contributed by atoms with E-state index in [9.17, 15) is 8.78 Å². The maximum atomic E-state index is 13.6. The first-order chi connectivity index (χ1) is 9.47. The molecule has 0 saturated heterocycles. The van der Waals surface area contributed by atoms with Crippen molar-refractivity contribution in [3.8, 4) is 0 Å². The maximum Gasteiger partial charge on any atom is 0.126 e. The third-order valence-corrected chi connectivity index (χ3v) is 3.26. The van der Waals surface area contributed by atoms with Crippen LogP contribution in [0.2, 0.25) is 0 Å². The number of nitrogens with two attached hydrogens (primary N) is 1. The lowest BCUT2D eigenvalue weighted by molar-refractivity contribution is 0.572. The number of hydrogen-bond acceptors (Lipinski definition) is 2. The standard InChI is InChI=1S/C16H18F2N2/c1-20(2)14-5-3-4-11(9-14)16(19)10-12-8-13(17)6-7-15(12)18/h3-9,16H,10,19H2,1-2H3. The average Bonchev–Trinajstić information content (AvgIpc) is 2.43. The van der Waals surface area contributed by atoms with E-state index in [0.717, 1.165) is 23.4 Å². The molecule has 0 heterocycles. The zero-order chi connectivity index (χ0) is 14.7. The minimum atomic E-state index is -0.448. The van der Waals surface area contributed by atoms with Gasteiger partial charge in [0.2, 0.25) is 0 Å². The second-order valence-electron chi connectivity index (χ2n) is 5.04. The number of rotatable bonds is 4. The molecule has 4 heteroatoms. The third-order valence-electron chi connectivity index (χ3n) is 3.26. The van der Waals surface area contributed by atoms with E-state index in [4.69, 9.17) is 5.73 Å². The van der Waals surface area contributed by atoms with Gasteiger partial charge in [0, 0.05) is 25.8 Å². The van der Waals surface area contributed by atoms with Crippen molar-refractivity contribution < 1.29 is 8.78 Å². The Bertz CT molecular complexity index is 597. The molecule has 2 aromatic carbocycles. The Morgan fingerprint density at radius 1 is 1.10 bits per heavy atom. The lowest BCUT2D eigenvalue weighted by Crippen LogP contribution is -2.16. The van der Waals surface area contributed by atoms with Crippen molar-refractivity contribution in [2.45, 2.75) is 12.5 Å². The summed E-state index contributed by atoms with van der Waals surface area (Å²) in [6, 6.07) is 10.8. The smallest absolute Gasteiger partial charge is 0.126 e. The SMILES string of the molecule is CN(C)c1cccc(C(N)Cc2cc(F)ccc2F)c1. The van der Waals surface area contributed by atoms with E-state index in [1.165, 1.54) is 6.07 Å². The molecule has 0 radical (unpaired) electrons. The molecule has 0 fully saturated rings. The van der Waals surface area contributed by atoms with E-state index in [2.05, 4.69) is 0 Å². The minimum Gasteiger partial charge on any atom is -0.378 e. The summed E-state index contributed by atoms with van der Waals surface area (Å²) >= 11 is 0. The van der Waals surface area contributed by atoms with Gasteiger partial charge in [-0.3, -0.25) is 0 Å². The van der Waals surface area contributed by atoms with Crippen LogP contribution >= 0.6 is 0 Å². The highest BCUT2D eigenvalue weighted by Gasteiger charge is 2.12. The monoisotopic (exact) mass is 276 g/mol. The van der Waals surface area contributed by atoms with Gasteiger partial charge in [0.25, 0.3) is 0 Å². The molecule has 1 atom stereocenters. The van der Waals surface area contributed by atoms with Crippen molar-refractivity contribution >= 4 is 5.69 Å². The molecule has 2 aromatic rings. The molecule has 106 valence electrons. The summed E-state index contributed by atoms with van der Waals surface area (Å²) in [5, 5.41) is 0. The molecule has 0 aliphatic rings. The number of halogens is 2. The Morgan fingerprint density at radius 3 is 2.55 bits per heavy atom. The van der Waals surface area contributed by atoms with Crippen LogP contribution in [0.1, 0.15) is 17.2 Å².